The van der Waals surface area contributed by atoms with Crippen molar-refractivity contribution in [3.8, 4) is 17.2 Å². The Morgan fingerprint density at radius 3 is 1.83 bits per heavy atom. The van der Waals surface area contributed by atoms with E-state index in [0.717, 1.165) is 25.9 Å². The van der Waals surface area contributed by atoms with Crippen molar-refractivity contribution in [2.45, 2.75) is 18.9 Å². The van der Waals surface area contributed by atoms with Crippen molar-refractivity contribution in [1.82, 2.24) is 4.90 Å². The molecule has 0 spiro atoms. The summed E-state index contributed by atoms with van der Waals surface area (Å²) in [6.07, 6.45) is 1.89. The highest BCUT2D eigenvalue weighted by molar-refractivity contribution is 5.89. The topological polar surface area (TPSA) is 88.5 Å². The van der Waals surface area contributed by atoms with Gasteiger partial charge in [0, 0.05) is 13.1 Å². The van der Waals surface area contributed by atoms with E-state index in [1.165, 1.54) is 33.5 Å². The van der Waals surface area contributed by atoms with Crippen LogP contribution in [0.25, 0.3) is 0 Å². The summed E-state index contributed by atoms with van der Waals surface area (Å²) >= 11 is 0. The van der Waals surface area contributed by atoms with Gasteiger partial charge in [-0.2, -0.15) is 0 Å². The van der Waals surface area contributed by atoms with Gasteiger partial charge >= 0.3 is 5.97 Å². The molecule has 1 aliphatic heterocycles. The molecule has 7 nitrogen and oxygen atoms in total. The van der Waals surface area contributed by atoms with Crippen LogP contribution in [0.3, 0.4) is 0 Å². The fraction of sp³-hybridized carbons (Fsp3) is 0.562. The molecule has 138 valence electrons. The lowest BCUT2D eigenvalue weighted by Gasteiger charge is -2.25. The molecule has 1 heterocycles. The van der Waals surface area contributed by atoms with Crippen molar-refractivity contribution >= 4 is 18.4 Å². The number of methoxy groups -OCH3 is 3. The third-order valence-electron chi connectivity index (χ3n) is 3.60. The van der Waals surface area contributed by atoms with Crippen LogP contribution in [-0.2, 0) is 0 Å². The summed E-state index contributed by atoms with van der Waals surface area (Å²) in [5, 5.41) is 17.8. The highest BCUT2D eigenvalue weighted by Gasteiger charge is 2.16. The van der Waals surface area contributed by atoms with Gasteiger partial charge < -0.3 is 29.3 Å². The molecule has 0 radical (unpaired) electrons. The van der Waals surface area contributed by atoms with E-state index in [9.17, 15) is 4.79 Å². The van der Waals surface area contributed by atoms with Crippen molar-refractivity contribution in [2.24, 2.45) is 0 Å². The van der Waals surface area contributed by atoms with Gasteiger partial charge in [0.1, 0.15) is 0 Å². The Bertz CT molecular complexity index is 482. The number of carboxylic acids is 1. The van der Waals surface area contributed by atoms with Crippen LogP contribution in [0.15, 0.2) is 12.1 Å². The molecular weight excluding hydrogens is 338 g/mol. The fourth-order valence-corrected chi connectivity index (χ4v) is 2.20. The molecule has 0 bridgehead atoms. The number of nitrogens with zero attached hydrogens (tertiary/aromatic N) is 1. The van der Waals surface area contributed by atoms with Gasteiger partial charge in [-0.05, 0) is 32.0 Å². The highest BCUT2D eigenvalue weighted by Crippen LogP contribution is 2.38. The Hall–Kier alpha value is -1.70. The summed E-state index contributed by atoms with van der Waals surface area (Å²) in [5.41, 5.74) is 0.0875. The molecule has 1 aromatic rings. The second-order valence-corrected chi connectivity index (χ2v) is 5.25. The SMILES string of the molecule is CN1CCC(O)CC1.COc1cc(C(=O)O)cc(OC)c1OC.Cl. The number of aliphatic hydroxyl groups is 1. The molecule has 2 N–H and O–H groups in total. The number of hydrogen-bond donors (Lipinski definition) is 2. The van der Waals surface area contributed by atoms with Gasteiger partial charge in [0.05, 0.1) is 33.0 Å². The molecule has 0 unspecified atom stereocenters. The van der Waals surface area contributed by atoms with E-state index in [1.807, 2.05) is 0 Å². The number of likely N-dealkylation sites (tertiary alicyclic amines) is 1. The normalized spacial score (nSPS) is 14.7. The van der Waals surface area contributed by atoms with E-state index in [1.54, 1.807) is 0 Å². The van der Waals surface area contributed by atoms with Crippen LogP contribution in [0.1, 0.15) is 23.2 Å². The van der Waals surface area contributed by atoms with Crippen molar-refractivity contribution in [3.05, 3.63) is 17.7 Å². The highest BCUT2D eigenvalue weighted by atomic mass is 35.5. The van der Waals surface area contributed by atoms with Gasteiger partial charge in [0.15, 0.2) is 11.5 Å². The average molecular weight is 364 g/mol. The summed E-state index contributed by atoms with van der Waals surface area (Å²) in [6, 6.07) is 2.76. The first kappa shape index (κ1) is 22.3. The zero-order chi connectivity index (χ0) is 17.4. The molecule has 0 amide bonds. The summed E-state index contributed by atoms with van der Waals surface area (Å²) in [4.78, 5) is 13.0. The minimum absolute atomic E-state index is 0. The Kier molecular flexibility index (Phi) is 10.2. The average Bonchev–Trinajstić information content (AvgIpc) is 2.56. The number of carboxylic acid groups (broad SMARTS) is 1. The van der Waals surface area contributed by atoms with Crippen molar-refractivity contribution in [3.63, 3.8) is 0 Å². The van der Waals surface area contributed by atoms with Crippen LogP contribution in [0, 0.1) is 0 Å². The van der Waals surface area contributed by atoms with Crippen molar-refractivity contribution in [1.29, 1.82) is 0 Å². The number of halogens is 1. The molecule has 0 aromatic heterocycles. The molecule has 1 aliphatic rings. The number of hydrogen-bond acceptors (Lipinski definition) is 6. The molecule has 1 saturated heterocycles. The van der Waals surface area contributed by atoms with Crippen LogP contribution in [0.2, 0.25) is 0 Å². The third kappa shape index (κ3) is 6.43. The van der Waals surface area contributed by atoms with E-state index in [0.29, 0.717) is 17.2 Å². The van der Waals surface area contributed by atoms with E-state index in [2.05, 4.69) is 11.9 Å². The fourth-order valence-electron chi connectivity index (χ4n) is 2.20. The maximum atomic E-state index is 10.8. The molecule has 1 fully saturated rings. The number of piperidine rings is 1. The molecule has 1 aromatic carbocycles. The van der Waals surface area contributed by atoms with Gasteiger partial charge in [-0.25, -0.2) is 4.79 Å². The largest absolute Gasteiger partial charge is 0.493 e. The van der Waals surface area contributed by atoms with Crippen LogP contribution in [0.5, 0.6) is 17.2 Å². The second kappa shape index (κ2) is 11.0. The van der Waals surface area contributed by atoms with Crippen LogP contribution < -0.4 is 14.2 Å². The first-order valence-electron chi connectivity index (χ1n) is 7.32. The molecule has 2 rings (SSSR count). The second-order valence-electron chi connectivity index (χ2n) is 5.25. The summed E-state index contributed by atoms with van der Waals surface area (Å²) in [6.45, 7) is 2.11. The molecule has 0 atom stereocenters. The first-order chi connectivity index (χ1) is 10.9. The maximum Gasteiger partial charge on any atom is 0.335 e. The van der Waals surface area contributed by atoms with Crippen LogP contribution in [0.4, 0.5) is 0 Å². The minimum Gasteiger partial charge on any atom is -0.493 e. The number of benzene rings is 1. The van der Waals surface area contributed by atoms with E-state index in [-0.39, 0.29) is 24.1 Å². The standard InChI is InChI=1S/C10H12O5.C6H13NO.ClH/c1-13-7-4-6(10(11)12)5-8(14-2)9(7)15-3;1-7-4-2-6(8)3-5-7;/h4-5H,1-3H3,(H,11,12);6,8H,2-5H2,1H3;1H. The van der Waals surface area contributed by atoms with Gasteiger partial charge in [-0.3, -0.25) is 0 Å². The Morgan fingerprint density at radius 2 is 1.54 bits per heavy atom. The summed E-state index contributed by atoms with van der Waals surface area (Å²) < 4.78 is 15.1. The lowest BCUT2D eigenvalue weighted by molar-refractivity contribution is 0.0696. The smallest absolute Gasteiger partial charge is 0.335 e. The number of carbonyl (C=O) groups is 1. The molecular formula is C16H26ClNO6. The van der Waals surface area contributed by atoms with Crippen molar-refractivity contribution < 1.29 is 29.2 Å². The van der Waals surface area contributed by atoms with E-state index < -0.39 is 5.97 Å². The van der Waals surface area contributed by atoms with E-state index in [4.69, 9.17) is 24.4 Å². The summed E-state index contributed by atoms with van der Waals surface area (Å²) in [7, 11) is 6.42. The van der Waals surface area contributed by atoms with Gasteiger partial charge in [-0.1, -0.05) is 0 Å². The number of aromatic carboxylic acids is 1. The monoisotopic (exact) mass is 363 g/mol. The molecule has 0 aliphatic carbocycles. The third-order valence-corrected chi connectivity index (χ3v) is 3.60. The molecule has 8 heteroatoms. The van der Waals surface area contributed by atoms with Crippen LogP contribution in [-0.4, -0.2) is 68.7 Å². The predicted octanol–water partition coefficient (Wildman–Crippen LogP) is 1.91. The zero-order valence-electron chi connectivity index (χ0n) is 14.4. The zero-order valence-corrected chi connectivity index (χ0v) is 15.3. The number of rotatable bonds is 4. The maximum absolute atomic E-state index is 10.8. The quantitative estimate of drug-likeness (QED) is 0.844. The minimum atomic E-state index is -1.05. The number of aliphatic hydroxyl groups excluding tert-OH is 1. The molecule has 24 heavy (non-hydrogen) atoms. The van der Waals surface area contributed by atoms with E-state index >= 15 is 0 Å². The Balaban J connectivity index is 0.000000498. The van der Waals surface area contributed by atoms with Crippen LogP contribution >= 0.6 is 12.4 Å². The molecule has 0 saturated carbocycles. The lowest BCUT2D eigenvalue weighted by atomic mass is 10.1. The Morgan fingerprint density at radius 1 is 1.08 bits per heavy atom. The van der Waals surface area contributed by atoms with Gasteiger partial charge in [-0.15, -0.1) is 12.4 Å². The first-order valence-corrected chi connectivity index (χ1v) is 7.32. The Labute approximate surface area is 148 Å². The van der Waals surface area contributed by atoms with Gasteiger partial charge in [0.2, 0.25) is 5.75 Å². The van der Waals surface area contributed by atoms with Crippen molar-refractivity contribution in [2.75, 3.05) is 41.5 Å². The van der Waals surface area contributed by atoms with Gasteiger partial charge in [0.25, 0.3) is 0 Å². The lowest BCUT2D eigenvalue weighted by Crippen LogP contribution is -2.32. The summed E-state index contributed by atoms with van der Waals surface area (Å²) in [5.74, 6) is -0.0113. The number of ether oxygens (including phenoxy) is 3. The predicted molar refractivity (Wildman–Crippen MR) is 93.0 cm³/mol.